The highest BCUT2D eigenvalue weighted by atomic mass is 35.5. The number of amides is 1. The van der Waals surface area contributed by atoms with E-state index in [9.17, 15) is 18.0 Å². The lowest BCUT2D eigenvalue weighted by Gasteiger charge is -2.20. The van der Waals surface area contributed by atoms with Gasteiger partial charge in [0, 0.05) is 23.4 Å². The summed E-state index contributed by atoms with van der Waals surface area (Å²) in [5, 5.41) is 2.45. The van der Waals surface area contributed by atoms with Gasteiger partial charge in [0.2, 0.25) is 0 Å². The molecule has 0 aliphatic heterocycles. The number of nitrogens with zero attached hydrogens (tertiary/aromatic N) is 2. The molecular formula is C29H22ClF4N3O2. The van der Waals surface area contributed by atoms with Crippen LogP contribution in [0.1, 0.15) is 34.0 Å². The molecule has 5 nitrogen and oxygen atoms in total. The number of pyridine rings is 1. The molecule has 1 atom stereocenters. The Labute approximate surface area is 227 Å². The zero-order valence-corrected chi connectivity index (χ0v) is 21.5. The van der Waals surface area contributed by atoms with Crippen LogP contribution in [0.4, 0.5) is 28.9 Å². The van der Waals surface area contributed by atoms with Crippen molar-refractivity contribution in [2.45, 2.75) is 26.1 Å². The molecule has 4 aromatic rings. The van der Waals surface area contributed by atoms with E-state index in [1.54, 1.807) is 73.7 Å². The zero-order chi connectivity index (χ0) is 28.2. The molecule has 0 aliphatic carbocycles. The minimum atomic E-state index is -4.74. The molecule has 0 radical (unpaired) electrons. The van der Waals surface area contributed by atoms with Crippen molar-refractivity contribution >= 4 is 34.6 Å². The fourth-order valence-corrected chi connectivity index (χ4v) is 3.88. The molecule has 39 heavy (non-hydrogen) atoms. The minimum Gasteiger partial charge on any atom is -0.480 e. The van der Waals surface area contributed by atoms with Gasteiger partial charge in [0.25, 0.3) is 5.91 Å². The molecule has 0 fully saturated rings. The molecule has 0 saturated heterocycles. The summed E-state index contributed by atoms with van der Waals surface area (Å²) in [6.07, 6.45) is -5.61. The van der Waals surface area contributed by atoms with E-state index < -0.39 is 35.3 Å². The number of ether oxygens (including phenoxy) is 1. The molecule has 1 N–H and O–H groups in total. The molecule has 0 spiro atoms. The summed E-state index contributed by atoms with van der Waals surface area (Å²) in [6.45, 7) is 2.44. The molecule has 0 saturated carbocycles. The Hall–Kier alpha value is -4.24. The number of rotatable bonds is 7. The first kappa shape index (κ1) is 27.8. The summed E-state index contributed by atoms with van der Waals surface area (Å²) in [5.41, 5.74) is 1.58. The molecule has 4 rings (SSSR count). The Morgan fingerprint density at radius 3 is 2.13 bits per heavy atom. The van der Waals surface area contributed by atoms with E-state index in [1.807, 2.05) is 0 Å². The Morgan fingerprint density at radius 2 is 1.59 bits per heavy atom. The first-order valence-electron chi connectivity index (χ1n) is 11.7. The lowest BCUT2D eigenvalue weighted by atomic mass is 10.0. The number of aryl methyl sites for hydroxylation is 1. The van der Waals surface area contributed by atoms with Gasteiger partial charge < -0.3 is 10.1 Å². The Balaban J connectivity index is 1.84. The summed E-state index contributed by atoms with van der Waals surface area (Å²) in [7, 11) is 0. The van der Waals surface area contributed by atoms with Crippen molar-refractivity contribution in [2.24, 2.45) is 4.99 Å². The predicted molar refractivity (Wildman–Crippen MR) is 143 cm³/mol. The van der Waals surface area contributed by atoms with Crippen molar-refractivity contribution < 1.29 is 27.1 Å². The van der Waals surface area contributed by atoms with Gasteiger partial charge in [-0.2, -0.15) is 13.2 Å². The van der Waals surface area contributed by atoms with E-state index in [4.69, 9.17) is 16.3 Å². The standard InChI is InChI=1S/C29H22ClF4N3O2/c1-17-13-14-35-27(30)25(17)37-28(38)21-15-22(31)23(16-24(21)39-18(2)29(32,33)34)36-26(19-9-5-3-6-10-19)20-11-7-4-8-12-20/h3-16,18H,1-2H3,(H,37,38). The van der Waals surface area contributed by atoms with Gasteiger partial charge in [0.15, 0.2) is 11.3 Å². The second-order valence-electron chi connectivity index (χ2n) is 8.54. The molecule has 10 heteroatoms. The molecule has 200 valence electrons. The van der Waals surface area contributed by atoms with Crippen LogP contribution in [0.3, 0.4) is 0 Å². The van der Waals surface area contributed by atoms with Crippen LogP contribution >= 0.6 is 11.6 Å². The van der Waals surface area contributed by atoms with Crippen molar-refractivity contribution in [3.05, 3.63) is 118 Å². The van der Waals surface area contributed by atoms with Crippen molar-refractivity contribution in [3.63, 3.8) is 0 Å². The van der Waals surface area contributed by atoms with Crippen LogP contribution in [0.2, 0.25) is 5.15 Å². The van der Waals surface area contributed by atoms with E-state index in [-0.39, 0.29) is 16.5 Å². The number of aromatic nitrogens is 1. The maximum absolute atomic E-state index is 15.4. The Morgan fingerprint density at radius 1 is 1.00 bits per heavy atom. The smallest absolute Gasteiger partial charge is 0.425 e. The number of hydrogen-bond acceptors (Lipinski definition) is 4. The lowest BCUT2D eigenvalue weighted by Crippen LogP contribution is -2.32. The largest absolute Gasteiger partial charge is 0.480 e. The third kappa shape index (κ3) is 6.61. The highest BCUT2D eigenvalue weighted by Gasteiger charge is 2.39. The number of alkyl halides is 3. The molecule has 1 heterocycles. The molecule has 3 aromatic carbocycles. The molecular weight excluding hydrogens is 534 g/mol. The van der Waals surface area contributed by atoms with Crippen LogP contribution in [0, 0.1) is 12.7 Å². The summed E-state index contributed by atoms with van der Waals surface area (Å²) < 4.78 is 60.8. The van der Waals surface area contributed by atoms with Gasteiger partial charge in [-0.25, -0.2) is 14.4 Å². The molecule has 0 aliphatic rings. The summed E-state index contributed by atoms with van der Waals surface area (Å²) in [6, 6.07) is 21.2. The summed E-state index contributed by atoms with van der Waals surface area (Å²) in [5.74, 6) is -2.38. The third-order valence-corrected chi connectivity index (χ3v) is 6.02. The van der Waals surface area contributed by atoms with Crippen molar-refractivity contribution in [1.82, 2.24) is 4.98 Å². The maximum Gasteiger partial charge on any atom is 0.425 e. The van der Waals surface area contributed by atoms with Crippen LogP contribution in [-0.4, -0.2) is 28.9 Å². The molecule has 1 amide bonds. The topological polar surface area (TPSA) is 63.6 Å². The fourth-order valence-electron chi connectivity index (χ4n) is 3.62. The van der Waals surface area contributed by atoms with Crippen LogP contribution in [-0.2, 0) is 0 Å². The zero-order valence-electron chi connectivity index (χ0n) is 20.8. The van der Waals surface area contributed by atoms with E-state index >= 15 is 4.39 Å². The number of carbonyl (C=O) groups is 1. The quantitative estimate of drug-likeness (QED) is 0.143. The number of halogens is 5. The van der Waals surface area contributed by atoms with Gasteiger partial charge in [0.05, 0.1) is 17.0 Å². The monoisotopic (exact) mass is 555 g/mol. The van der Waals surface area contributed by atoms with Gasteiger partial charge in [-0.15, -0.1) is 0 Å². The van der Waals surface area contributed by atoms with Crippen molar-refractivity contribution in [3.8, 4) is 5.75 Å². The van der Waals surface area contributed by atoms with E-state index in [2.05, 4.69) is 15.3 Å². The van der Waals surface area contributed by atoms with Gasteiger partial charge >= 0.3 is 6.18 Å². The Bertz CT molecular complexity index is 1450. The number of carbonyl (C=O) groups excluding carboxylic acids is 1. The number of hydrogen-bond donors (Lipinski definition) is 1. The van der Waals surface area contributed by atoms with Gasteiger partial charge in [-0.3, -0.25) is 4.79 Å². The minimum absolute atomic E-state index is 0.0356. The normalized spacial score (nSPS) is 12.0. The second-order valence-corrected chi connectivity index (χ2v) is 8.90. The van der Waals surface area contributed by atoms with E-state index in [0.717, 1.165) is 19.1 Å². The van der Waals surface area contributed by atoms with Gasteiger partial charge in [0.1, 0.15) is 17.3 Å². The highest BCUT2D eigenvalue weighted by Crippen LogP contribution is 2.34. The first-order chi connectivity index (χ1) is 18.5. The van der Waals surface area contributed by atoms with Crippen LogP contribution in [0.5, 0.6) is 5.75 Å². The lowest BCUT2D eigenvalue weighted by molar-refractivity contribution is -0.189. The third-order valence-electron chi connectivity index (χ3n) is 5.74. The van der Waals surface area contributed by atoms with Crippen LogP contribution < -0.4 is 10.1 Å². The predicted octanol–water partition coefficient (Wildman–Crippen LogP) is 7.93. The molecule has 0 bridgehead atoms. The highest BCUT2D eigenvalue weighted by molar-refractivity contribution is 6.33. The Kier molecular flexibility index (Phi) is 8.30. The average molecular weight is 556 g/mol. The second kappa shape index (κ2) is 11.7. The van der Waals surface area contributed by atoms with E-state index in [1.165, 1.54) is 6.20 Å². The number of anilines is 1. The van der Waals surface area contributed by atoms with Crippen molar-refractivity contribution in [1.29, 1.82) is 0 Å². The number of benzene rings is 3. The summed E-state index contributed by atoms with van der Waals surface area (Å²) in [4.78, 5) is 21.5. The SMILES string of the molecule is Cc1ccnc(Cl)c1NC(=O)c1cc(F)c(N=C(c2ccccc2)c2ccccc2)cc1OC(C)C(F)(F)F. The van der Waals surface area contributed by atoms with E-state index in [0.29, 0.717) is 22.4 Å². The van der Waals surface area contributed by atoms with Gasteiger partial charge in [-0.05, 0) is 31.5 Å². The average Bonchev–Trinajstić information content (AvgIpc) is 2.91. The molecule has 1 unspecified atom stereocenters. The number of aliphatic imine (C=N–C) groups is 1. The molecule has 1 aromatic heterocycles. The van der Waals surface area contributed by atoms with Crippen LogP contribution in [0.25, 0.3) is 0 Å². The van der Waals surface area contributed by atoms with Crippen LogP contribution in [0.15, 0.2) is 90.1 Å². The fraction of sp³-hybridized carbons (Fsp3) is 0.138. The van der Waals surface area contributed by atoms with Gasteiger partial charge in [-0.1, -0.05) is 72.3 Å². The number of nitrogens with one attached hydrogen (secondary N) is 1. The van der Waals surface area contributed by atoms with Crippen molar-refractivity contribution in [2.75, 3.05) is 5.32 Å². The summed E-state index contributed by atoms with van der Waals surface area (Å²) >= 11 is 6.08. The maximum atomic E-state index is 15.4. The first-order valence-corrected chi connectivity index (χ1v) is 12.1.